The Labute approximate surface area is 180 Å². The number of nitrogens with one attached hydrogen (secondary N) is 1. The molecule has 3 aromatic rings. The first kappa shape index (κ1) is 21.7. The van der Waals surface area contributed by atoms with E-state index in [9.17, 15) is 9.59 Å². The summed E-state index contributed by atoms with van der Waals surface area (Å²) in [7, 11) is 3.92. The summed E-state index contributed by atoms with van der Waals surface area (Å²) < 4.78 is 1.76. The third kappa shape index (κ3) is 5.52. The van der Waals surface area contributed by atoms with Crippen molar-refractivity contribution < 1.29 is 9.59 Å². The third-order valence-electron chi connectivity index (χ3n) is 4.61. The van der Waals surface area contributed by atoms with Crippen molar-refractivity contribution in [2.45, 2.75) is 13.0 Å². The molecule has 1 aromatic heterocycles. The number of hydrogen-bond donors (Lipinski definition) is 1. The first-order valence-corrected chi connectivity index (χ1v) is 10.6. The molecule has 0 saturated carbocycles. The summed E-state index contributed by atoms with van der Waals surface area (Å²) in [5.41, 5.74) is 2.44. The van der Waals surface area contributed by atoms with Crippen LogP contribution in [0.5, 0.6) is 0 Å². The van der Waals surface area contributed by atoms with Crippen molar-refractivity contribution in [3.8, 4) is 0 Å². The lowest BCUT2D eigenvalue weighted by atomic mass is 10.1. The minimum atomic E-state index is -0.607. The average Bonchev–Trinajstić information content (AvgIpc) is 3.17. The molecule has 2 aromatic carbocycles. The van der Waals surface area contributed by atoms with Crippen LogP contribution >= 0.6 is 11.3 Å². The van der Waals surface area contributed by atoms with Gasteiger partial charge in [-0.1, -0.05) is 48.0 Å². The smallest absolute Gasteiger partial charge is 0.279 e. The van der Waals surface area contributed by atoms with Gasteiger partial charge in [-0.25, -0.2) is 0 Å². The van der Waals surface area contributed by atoms with Crippen LogP contribution in [0, 0.1) is 6.92 Å². The molecule has 0 aliphatic heterocycles. The second kappa shape index (κ2) is 10.1. The number of thiazole rings is 1. The van der Waals surface area contributed by atoms with E-state index in [1.165, 1.54) is 11.3 Å². The van der Waals surface area contributed by atoms with Crippen LogP contribution < -0.4 is 10.1 Å². The van der Waals surface area contributed by atoms with Crippen molar-refractivity contribution in [1.29, 1.82) is 0 Å². The van der Waals surface area contributed by atoms with E-state index in [0.29, 0.717) is 16.9 Å². The minimum Gasteiger partial charge on any atom is -0.353 e. The molecule has 30 heavy (non-hydrogen) atoms. The Hall–Kier alpha value is -3.03. The van der Waals surface area contributed by atoms with Crippen LogP contribution in [0.15, 0.2) is 71.2 Å². The number of rotatable bonds is 7. The van der Waals surface area contributed by atoms with Crippen molar-refractivity contribution >= 4 is 23.2 Å². The van der Waals surface area contributed by atoms with Crippen molar-refractivity contribution in [3.63, 3.8) is 0 Å². The molecule has 0 spiro atoms. The van der Waals surface area contributed by atoms with Crippen molar-refractivity contribution in [1.82, 2.24) is 14.8 Å². The summed E-state index contributed by atoms with van der Waals surface area (Å²) in [6.07, 6.45) is 1.80. The first-order chi connectivity index (χ1) is 14.5. The molecule has 0 aliphatic rings. The maximum absolute atomic E-state index is 13.1. The van der Waals surface area contributed by atoms with Gasteiger partial charge in [0.2, 0.25) is 5.91 Å². The molecule has 1 unspecified atom stereocenters. The van der Waals surface area contributed by atoms with Gasteiger partial charge in [0.05, 0.1) is 0 Å². The molecule has 2 amide bonds. The Balaban J connectivity index is 1.95. The minimum absolute atomic E-state index is 0.134. The van der Waals surface area contributed by atoms with E-state index in [-0.39, 0.29) is 11.8 Å². The Bertz CT molecular complexity index is 1050. The highest BCUT2D eigenvalue weighted by Crippen LogP contribution is 2.18. The second-order valence-corrected chi connectivity index (χ2v) is 8.16. The molecule has 1 N–H and O–H groups in total. The zero-order chi connectivity index (χ0) is 21.5. The van der Waals surface area contributed by atoms with Crippen LogP contribution in [0.3, 0.4) is 0 Å². The normalized spacial score (nSPS) is 12.7. The number of likely N-dealkylation sites (N-methyl/N-ethyl adjacent to an activating group) is 1. The van der Waals surface area contributed by atoms with Crippen molar-refractivity contribution in [2.75, 3.05) is 27.2 Å². The second-order valence-electron chi connectivity index (χ2n) is 7.28. The van der Waals surface area contributed by atoms with Crippen LogP contribution in [-0.4, -0.2) is 48.5 Å². The van der Waals surface area contributed by atoms with Crippen LogP contribution in [0.1, 0.15) is 27.5 Å². The summed E-state index contributed by atoms with van der Waals surface area (Å²) in [5, 5.41) is 4.83. The van der Waals surface area contributed by atoms with E-state index in [0.717, 1.165) is 17.7 Å². The monoisotopic (exact) mass is 422 g/mol. The van der Waals surface area contributed by atoms with Crippen molar-refractivity contribution in [2.24, 2.45) is 4.99 Å². The van der Waals surface area contributed by atoms with E-state index >= 15 is 0 Å². The molecular weight excluding hydrogens is 396 g/mol. The fourth-order valence-electron chi connectivity index (χ4n) is 2.98. The average molecular weight is 423 g/mol. The van der Waals surface area contributed by atoms with Gasteiger partial charge in [-0.05, 0) is 38.7 Å². The van der Waals surface area contributed by atoms with Gasteiger partial charge < -0.3 is 14.8 Å². The fourth-order valence-corrected chi connectivity index (χ4v) is 3.72. The molecule has 0 fully saturated rings. The van der Waals surface area contributed by atoms with Crippen LogP contribution in [0.4, 0.5) is 0 Å². The van der Waals surface area contributed by atoms with E-state index in [1.807, 2.05) is 73.8 Å². The number of carbonyl (C=O) groups is 2. The number of hydrogen-bond acceptors (Lipinski definition) is 4. The SMILES string of the molecule is Cc1ccc(C(=O)N=c2sccn2C(C(=O)NCCN(C)C)c2ccccc2)cc1. The maximum Gasteiger partial charge on any atom is 0.279 e. The predicted molar refractivity (Wildman–Crippen MR) is 120 cm³/mol. The molecular formula is C23H26N4O2S. The topological polar surface area (TPSA) is 66.7 Å². The highest BCUT2D eigenvalue weighted by Gasteiger charge is 2.23. The molecule has 0 saturated heterocycles. The standard InChI is InChI=1S/C23H26N4O2S/c1-17-9-11-19(12-10-17)21(28)25-23-27(15-16-30-23)20(18-7-5-4-6-8-18)22(29)24-13-14-26(2)3/h4-12,15-16,20H,13-14H2,1-3H3,(H,24,29). The Kier molecular flexibility index (Phi) is 7.32. The molecule has 1 heterocycles. The Morgan fingerprint density at radius 3 is 2.47 bits per heavy atom. The number of aryl methyl sites for hydroxylation is 1. The van der Waals surface area contributed by atoms with Gasteiger partial charge in [-0.15, -0.1) is 11.3 Å². The molecule has 6 nitrogen and oxygen atoms in total. The molecule has 0 radical (unpaired) electrons. The number of amides is 2. The van der Waals surface area contributed by atoms with Gasteiger partial charge in [0, 0.05) is 30.2 Å². The van der Waals surface area contributed by atoms with Crippen LogP contribution in [-0.2, 0) is 4.79 Å². The summed E-state index contributed by atoms with van der Waals surface area (Å²) in [4.78, 5) is 32.6. The maximum atomic E-state index is 13.1. The zero-order valence-electron chi connectivity index (χ0n) is 17.4. The molecule has 0 bridgehead atoms. The lowest BCUT2D eigenvalue weighted by Gasteiger charge is -2.20. The van der Waals surface area contributed by atoms with Gasteiger partial charge >= 0.3 is 0 Å². The quantitative estimate of drug-likeness (QED) is 0.637. The molecule has 3 rings (SSSR count). The number of aromatic nitrogens is 1. The van der Waals surface area contributed by atoms with Crippen molar-refractivity contribution in [3.05, 3.63) is 87.7 Å². The van der Waals surface area contributed by atoms with E-state index in [4.69, 9.17) is 0 Å². The van der Waals surface area contributed by atoms with Gasteiger partial charge in [0.15, 0.2) is 4.80 Å². The Morgan fingerprint density at radius 1 is 1.10 bits per heavy atom. The highest BCUT2D eigenvalue weighted by molar-refractivity contribution is 7.07. The lowest BCUT2D eigenvalue weighted by Crippen LogP contribution is -2.39. The Morgan fingerprint density at radius 2 is 1.80 bits per heavy atom. The van der Waals surface area contributed by atoms with E-state index in [1.54, 1.807) is 22.9 Å². The number of carbonyl (C=O) groups excluding carboxylic acids is 2. The first-order valence-electron chi connectivity index (χ1n) is 9.74. The number of nitrogens with zero attached hydrogens (tertiary/aromatic N) is 3. The number of benzene rings is 2. The van der Waals surface area contributed by atoms with Gasteiger partial charge in [-0.3, -0.25) is 9.59 Å². The predicted octanol–water partition coefficient (Wildman–Crippen LogP) is 2.87. The van der Waals surface area contributed by atoms with E-state index in [2.05, 4.69) is 10.3 Å². The van der Waals surface area contributed by atoms with Gasteiger partial charge in [0.25, 0.3) is 5.91 Å². The van der Waals surface area contributed by atoms with Crippen LogP contribution in [0.2, 0.25) is 0 Å². The molecule has 7 heteroatoms. The third-order valence-corrected chi connectivity index (χ3v) is 5.38. The molecule has 1 atom stereocenters. The van der Waals surface area contributed by atoms with Gasteiger partial charge in [-0.2, -0.15) is 4.99 Å². The van der Waals surface area contributed by atoms with Crippen LogP contribution in [0.25, 0.3) is 0 Å². The summed E-state index contributed by atoms with van der Waals surface area (Å²) in [5.74, 6) is -0.461. The zero-order valence-corrected chi connectivity index (χ0v) is 18.2. The lowest BCUT2D eigenvalue weighted by molar-refractivity contribution is -0.123. The fraction of sp³-hybridized carbons (Fsp3) is 0.261. The summed E-state index contributed by atoms with van der Waals surface area (Å²) in [6.45, 7) is 3.25. The molecule has 156 valence electrons. The van der Waals surface area contributed by atoms with E-state index < -0.39 is 6.04 Å². The highest BCUT2D eigenvalue weighted by atomic mass is 32.1. The summed E-state index contributed by atoms with van der Waals surface area (Å²) >= 11 is 1.33. The van der Waals surface area contributed by atoms with Gasteiger partial charge in [0.1, 0.15) is 6.04 Å². The summed E-state index contributed by atoms with van der Waals surface area (Å²) in [6, 6.07) is 16.2. The largest absolute Gasteiger partial charge is 0.353 e. The molecule has 0 aliphatic carbocycles.